The van der Waals surface area contributed by atoms with Crippen LogP contribution in [0.3, 0.4) is 0 Å². The van der Waals surface area contributed by atoms with Gasteiger partial charge in [-0.3, -0.25) is 19.1 Å². The molecule has 8 atom stereocenters. The lowest BCUT2D eigenvalue weighted by atomic mass is 9.85. The molecular formula is C41H52F2N6O9S. The molecule has 15 nitrogen and oxygen atoms in total. The van der Waals surface area contributed by atoms with Crippen LogP contribution < -0.4 is 24.8 Å². The van der Waals surface area contributed by atoms with Crippen molar-refractivity contribution in [2.45, 2.75) is 126 Å². The third-order valence-corrected chi connectivity index (χ3v) is 15.1. The van der Waals surface area contributed by atoms with Gasteiger partial charge in [-0.25, -0.2) is 32.0 Å². The number of sulfonamides is 1. The molecule has 8 rings (SSSR count). The molecule has 18 heteroatoms. The number of fused-ring (bicyclic) bond motifs is 5. The third-order valence-electron chi connectivity index (χ3n) is 13.0. The number of halogens is 2. The Balaban J connectivity index is 1.19. The number of ether oxygens (including phenoxy) is 3. The Hall–Kier alpha value is -4.61. The van der Waals surface area contributed by atoms with Crippen LogP contribution >= 0.6 is 0 Å². The number of allylic oxidation sites excluding steroid dienone is 1. The monoisotopic (exact) mass is 842 g/mol. The molecule has 1 aromatic heterocycles. The van der Waals surface area contributed by atoms with E-state index < -0.39 is 92.4 Å². The second kappa shape index (κ2) is 14.8. The minimum Gasteiger partial charge on any atom is -0.497 e. The first-order chi connectivity index (χ1) is 27.8. The number of hydrogen-bond acceptors (Lipinski definition) is 11. The third kappa shape index (κ3) is 8.04. The number of rotatable bonds is 8. The standard InChI is InChI=1S/C41H52F2N6O9S/c1-39(2,3)32-36(51)49-20-29(30(21-11-12-21)31(49)34(50)47-41(19-24(41)33(42)43)37(52)48-59(54,55)40(4)15-16-40)57-35-26(44-25-14-13-23(56-5)18-27(25)45-35)10-8-6-7-9-22-17-28(22)58-38(53)46-32/h8,10,13-14,18,21-22,24,28-33H,6-7,9,11-12,15-17,19-20H2,1-5H3,(H,46,53)(H,47,50)(H,48,52)/t22-,24+,28-,29+,30-,31+,32-,41-/m1/s1. The summed E-state index contributed by atoms with van der Waals surface area (Å²) in [6, 6.07) is 2.70. The molecule has 320 valence electrons. The SMILES string of the molecule is COc1ccc2nc3c(nc2c1)O[C@H]1CN(C(=O)[C@H](C(C)(C)C)NC(=O)O[C@@H]2C[C@H]2CCCC=C3)[C@H](C(=O)N[C@]2(C(=O)NS(=O)(=O)C3(C)CC3)C[C@H]2C(F)F)[C@@H]1C1CC1. The maximum Gasteiger partial charge on any atom is 0.408 e. The van der Waals surface area contributed by atoms with E-state index in [9.17, 15) is 36.4 Å². The van der Waals surface area contributed by atoms with Crippen LogP contribution in [0.2, 0.25) is 0 Å². The molecule has 5 fully saturated rings. The number of aromatic nitrogens is 2. The Morgan fingerprint density at radius 3 is 2.44 bits per heavy atom. The van der Waals surface area contributed by atoms with E-state index in [1.807, 2.05) is 16.9 Å². The summed E-state index contributed by atoms with van der Waals surface area (Å²) in [5.74, 6) is -4.48. The number of alkyl carbamates (subject to hydrolysis) is 1. The van der Waals surface area contributed by atoms with Gasteiger partial charge in [0.1, 0.15) is 41.3 Å². The van der Waals surface area contributed by atoms with Crippen molar-refractivity contribution in [2.24, 2.45) is 29.1 Å². The maximum atomic E-state index is 15.0. The highest BCUT2D eigenvalue weighted by Crippen LogP contribution is 2.51. The number of amides is 4. The van der Waals surface area contributed by atoms with Crippen molar-refractivity contribution >= 4 is 50.9 Å². The lowest BCUT2D eigenvalue weighted by Gasteiger charge is -2.36. The summed E-state index contributed by atoms with van der Waals surface area (Å²) < 4.78 is 73.8. The summed E-state index contributed by atoms with van der Waals surface area (Å²) in [4.78, 5) is 67.9. The molecular weight excluding hydrogens is 791 g/mol. The van der Waals surface area contributed by atoms with Crippen LogP contribution in [0.5, 0.6) is 11.6 Å². The van der Waals surface area contributed by atoms with E-state index in [1.54, 1.807) is 39.0 Å². The van der Waals surface area contributed by atoms with E-state index in [4.69, 9.17) is 24.2 Å². The minimum absolute atomic E-state index is 0.151. The molecule has 0 radical (unpaired) electrons. The van der Waals surface area contributed by atoms with Gasteiger partial charge in [0.25, 0.3) is 5.91 Å². The van der Waals surface area contributed by atoms with Crippen LogP contribution in [-0.2, 0) is 29.1 Å². The molecule has 3 N–H and O–H groups in total. The molecule has 0 spiro atoms. The van der Waals surface area contributed by atoms with E-state index in [2.05, 4.69) is 10.6 Å². The number of carbonyl (C=O) groups excluding carboxylic acids is 4. The van der Waals surface area contributed by atoms with Crippen LogP contribution in [0.25, 0.3) is 17.1 Å². The predicted octanol–water partition coefficient (Wildman–Crippen LogP) is 4.49. The summed E-state index contributed by atoms with van der Waals surface area (Å²) >= 11 is 0. The van der Waals surface area contributed by atoms with E-state index in [0.717, 1.165) is 12.8 Å². The summed E-state index contributed by atoms with van der Waals surface area (Å²) in [5.41, 5.74) is -1.66. The number of alkyl halides is 2. The number of hydrogen-bond donors (Lipinski definition) is 3. The van der Waals surface area contributed by atoms with Crippen molar-refractivity contribution in [3.05, 3.63) is 30.0 Å². The lowest BCUT2D eigenvalue weighted by Crippen LogP contribution is -2.61. The van der Waals surface area contributed by atoms with Gasteiger partial charge in [-0.2, -0.15) is 0 Å². The Bertz CT molecular complexity index is 2190. The fraction of sp³-hybridized carbons (Fsp3) is 0.659. The second-order valence-corrected chi connectivity index (χ2v) is 20.7. The maximum absolute atomic E-state index is 15.0. The van der Waals surface area contributed by atoms with Gasteiger partial charge in [0.05, 0.1) is 35.4 Å². The fourth-order valence-electron chi connectivity index (χ4n) is 8.63. The van der Waals surface area contributed by atoms with Crippen molar-refractivity contribution in [3.8, 4) is 11.6 Å². The fourth-order valence-corrected chi connectivity index (χ4v) is 9.94. The first-order valence-corrected chi connectivity index (χ1v) is 22.0. The largest absolute Gasteiger partial charge is 0.497 e. The van der Waals surface area contributed by atoms with E-state index >= 15 is 0 Å². The average Bonchev–Trinajstić information content (AvgIpc) is 3.97. The van der Waals surface area contributed by atoms with E-state index in [-0.39, 0.29) is 30.4 Å². The molecule has 2 bridgehead atoms. The minimum atomic E-state index is -4.25. The number of nitrogens with zero attached hydrogens (tertiary/aromatic N) is 3. The Morgan fingerprint density at radius 2 is 1.80 bits per heavy atom. The molecule has 59 heavy (non-hydrogen) atoms. The normalized spacial score (nSPS) is 31.7. The molecule has 4 amide bonds. The van der Waals surface area contributed by atoms with Crippen LogP contribution in [0.4, 0.5) is 13.6 Å². The molecule has 2 aromatic rings. The van der Waals surface area contributed by atoms with Crippen molar-refractivity contribution in [3.63, 3.8) is 0 Å². The zero-order chi connectivity index (χ0) is 42.2. The smallest absolute Gasteiger partial charge is 0.408 e. The molecule has 3 heterocycles. The highest BCUT2D eigenvalue weighted by Gasteiger charge is 2.68. The number of nitrogens with one attached hydrogen (secondary N) is 3. The molecule has 1 saturated heterocycles. The quantitative estimate of drug-likeness (QED) is 0.339. The Labute approximate surface area is 341 Å². The summed E-state index contributed by atoms with van der Waals surface area (Å²) in [6.07, 6.45) is 3.24. The van der Waals surface area contributed by atoms with Gasteiger partial charge < -0.3 is 29.7 Å². The molecule has 2 aliphatic heterocycles. The van der Waals surface area contributed by atoms with Crippen molar-refractivity contribution in [1.29, 1.82) is 0 Å². The van der Waals surface area contributed by atoms with Gasteiger partial charge >= 0.3 is 6.09 Å². The second-order valence-electron chi connectivity index (χ2n) is 18.5. The van der Waals surface area contributed by atoms with Crippen molar-refractivity contribution < 1.29 is 50.6 Å². The topological polar surface area (TPSA) is 195 Å². The first-order valence-electron chi connectivity index (χ1n) is 20.5. The lowest BCUT2D eigenvalue weighted by molar-refractivity contribution is -0.144. The average molecular weight is 843 g/mol. The van der Waals surface area contributed by atoms with Gasteiger partial charge in [-0.15, -0.1) is 0 Å². The van der Waals surface area contributed by atoms with Crippen LogP contribution in [0.1, 0.15) is 91.2 Å². The van der Waals surface area contributed by atoms with Gasteiger partial charge in [0.15, 0.2) is 0 Å². The van der Waals surface area contributed by atoms with Gasteiger partial charge in [0, 0.05) is 12.0 Å². The number of carbonyl (C=O) groups is 4. The molecule has 4 saturated carbocycles. The zero-order valence-corrected chi connectivity index (χ0v) is 34.7. The van der Waals surface area contributed by atoms with Crippen molar-refractivity contribution in [1.82, 2.24) is 30.2 Å². The van der Waals surface area contributed by atoms with Gasteiger partial charge in [-0.05, 0) is 100 Å². The van der Waals surface area contributed by atoms with Crippen molar-refractivity contribution in [2.75, 3.05) is 13.7 Å². The van der Waals surface area contributed by atoms with E-state index in [0.29, 0.717) is 61.0 Å². The Morgan fingerprint density at radius 1 is 1.05 bits per heavy atom. The number of benzene rings is 1. The summed E-state index contributed by atoms with van der Waals surface area (Å²) in [5, 5.41) is 5.31. The molecule has 6 aliphatic rings. The number of methoxy groups -OCH3 is 1. The zero-order valence-electron chi connectivity index (χ0n) is 33.8. The van der Waals surface area contributed by atoms with Crippen LogP contribution in [0.15, 0.2) is 24.3 Å². The highest BCUT2D eigenvalue weighted by molar-refractivity contribution is 7.91. The molecule has 4 aliphatic carbocycles. The predicted molar refractivity (Wildman–Crippen MR) is 210 cm³/mol. The molecule has 1 aromatic carbocycles. The van der Waals surface area contributed by atoms with Crippen LogP contribution in [0, 0.1) is 29.1 Å². The highest BCUT2D eigenvalue weighted by atomic mass is 32.2. The first kappa shape index (κ1) is 41.1. The molecule has 0 unspecified atom stereocenters. The van der Waals surface area contributed by atoms with Gasteiger partial charge in [0.2, 0.25) is 34.1 Å². The summed E-state index contributed by atoms with van der Waals surface area (Å²) in [6.45, 7) is 6.56. The van der Waals surface area contributed by atoms with Crippen LogP contribution in [-0.4, -0.2) is 102 Å². The Kier molecular flexibility index (Phi) is 10.3. The van der Waals surface area contributed by atoms with E-state index in [1.165, 1.54) is 18.9 Å². The van der Waals surface area contributed by atoms with Gasteiger partial charge in [-0.1, -0.05) is 26.8 Å². The summed E-state index contributed by atoms with van der Waals surface area (Å²) in [7, 11) is -2.71.